The minimum atomic E-state index is -0.307. The first-order valence-electron chi connectivity index (χ1n) is 10.4. The van der Waals surface area contributed by atoms with E-state index < -0.39 is 0 Å². The number of amides is 2. The predicted molar refractivity (Wildman–Crippen MR) is 118 cm³/mol. The highest BCUT2D eigenvalue weighted by molar-refractivity contribution is 5.99. The lowest BCUT2D eigenvalue weighted by Crippen LogP contribution is -2.33. The van der Waals surface area contributed by atoms with E-state index in [1.165, 1.54) is 12.1 Å². The molecule has 0 aromatic heterocycles. The molecule has 3 aromatic carbocycles. The maximum atomic E-state index is 13.0. The first-order valence-corrected chi connectivity index (χ1v) is 10.4. The van der Waals surface area contributed by atoms with Crippen molar-refractivity contribution in [3.63, 3.8) is 0 Å². The van der Waals surface area contributed by atoms with Crippen LogP contribution in [0.25, 0.3) is 0 Å². The van der Waals surface area contributed by atoms with Crippen molar-refractivity contribution in [2.75, 3.05) is 11.9 Å². The average Bonchev–Trinajstić information content (AvgIpc) is 3.05. The maximum Gasteiger partial charge on any atom is 0.256 e. The van der Waals surface area contributed by atoms with Crippen molar-refractivity contribution in [1.82, 2.24) is 10.2 Å². The van der Waals surface area contributed by atoms with Crippen LogP contribution in [0.1, 0.15) is 51.4 Å². The molecule has 0 unspecified atom stereocenters. The third-order valence-electron chi connectivity index (χ3n) is 5.32. The zero-order valence-corrected chi connectivity index (χ0v) is 17.3. The number of benzene rings is 3. The zero-order chi connectivity index (χ0) is 21.8. The van der Waals surface area contributed by atoms with Crippen LogP contribution in [0.4, 0.5) is 10.1 Å². The number of rotatable bonds is 7. The average molecular weight is 417 g/mol. The van der Waals surface area contributed by atoms with Gasteiger partial charge >= 0.3 is 0 Å². The lowest BCUT2D eigenvalue weighted by atomic mass is 10.1. The molecule has 0 saturated heterocycles. The number of halogens is 1. The summed E-state index contributed by atoms with van der Waals surface area (Å²) in [5.41, 5.74) is 3.73. The Bertz CT molecular complexity index is 1100. The second-order valence-corrected chi connectivity index (χ2v) is 7.52. The topological polar surface area (TPSA) is 61.4 Å². The third-order valence-corrected chi connectivity index (χ3v) is 5.32. The normalized spacial score (nSPS) is 15.0. The number of hydrogen-bond donors (Lipinski definition) is 2. The van der Waals surface area contributed by atoms with E-state index >= 15 is 0 Å². The van der Waals surface area contributed by atoms with Gasteiger partial charge in [-0.25, -0.2) is 4.39 Å². The molecule has 5 nitrogen and oxygen atoms in total. The molecule has 1 aliphatic rings. The molecule has 1 heterocycles. The number of fused-ring (bicyclic) bond motifs is 1. The summed E-state index contributed by atoms with van der Waals surface area (Å²) in [6.07, 6.45) is 0.574. The Hall–Kier alpha value is -3.67. The molecular weight excluding hydrogens is 393 g/mol. The highest BCUT2D eigenvalue weighted by Gasteiger charge is 2.35. The van der Waals surface area contributed by atoms with Crippen LogP contribution in [0.5, 0.6) is 0 Å². The fourth-order valence-electron chi connectivity index (χ4n) is 3.79. The Balaban J connectivity index is 1.49. The van der Waals surface area contributed by atoms with Gasteiger partial charge in [0, 0.05) is 35.5 Å². The Morgan fingerprint density at radius 2 is 1.81 bits per heavy atom. The van der Waals surface area contributed by atoms with Gasteiger partial charge in [-0.2, -0.15) is 0 Å². The molecular formula is C25H24FN3O2. The van der Waals surface area contributed by atoms with Crippen LogP contribution < -0.4 is 10.6 Å². The van der Waals surface area contributed by atoms with Gasteiger partial charge in [-0.3, -0.25) is 9.59 Å². The van der Waals surface area contributed by atoms with Crippen LogP contribution in [0, 0.1) is 5.82 Å². The molecule has 0 fully saturated rings. The van der Waals surface area contributed by atoms with Crippen molar-refractivity contribution in [2.24, 2.45) is 0 Å². The molecule has 158 valence electrons. The number of hydrogen-bond acceptors (Lipinski definition) is 3. The number of nitrogens with zero attached hydrogens (tertiary/aromatic N) is 1. The highest BCUT2D eigenvalue weighted by Crippen LogP contribution is 2.34. The van der Waals surface area contributed by atoms with Crippen LogP contribution >= 0.6 is 0 Å². The lowest BCUT2D eigenvalue weighted by molar-refractivity contribution is 0.0742. The van der Waals surface area contributed by atoms with Gasteiger partial charge in [0.2, 0.25) is 0 Å². The van der Waals surface area contributed by atoms with Gasteiger partial charge in [-0.05, 0) is 48.4 Å². The van der Waals surface area contributed by atoms with Crippen molar-refractivity contribution in [1.29, 1.82) is 0 Å². The summed E-state index contributed by atoms with van der Waals surface area (Å²) in [5.74, 6) is -0.512. The van der Waals surface area contributed by atoms with E-state index in [0.29, 0.717) is 24.2 Å². The molecule has 0 bridgehead atoms. The monoisotopic (exact) mass is 417 g/mol. The zero-order valence-electron chi connectivity index (χ0n) is 17.3. The van der Waals surface area contributed by atoms with Gasteiger partial charge in [0.05, 0.1) is 0 Å². The first kappa shape index (κ1) is 20.6. The van der Waals surface area contributed by atoms with Crippen molar-refractivity contribution in [3.05, 3.63) is 101 Å². The largest absolute Gasteiger partial charge is 0.361 e. The number of carbonyl (C=O) groups excluding carboxylic acids is 2. The van der Waals surface area contributed by atoms with Crippen molar-refractivity contribution >= 4 is 17.5 Å². The van der Waals surface area contributed by atoms with Gasteiger partial charge in [-0.15, -0.1) is 0 Å². The van der Waals surface area contributed by atoms with E-state index in [1.54, 1.807) is 24.3 Å². The third kappa shape index (κ3) is 4.43. The summed E-state index contributed by atoms with van der Waals surface area (Å²) < 4.78 is 13.0. The van der Waals surface area contributed by atoms with E-state index in [1.807, 2.05) is 48.2 Å². The summed E-state index contributed by atoms with van der Waals surface area (Å²) in [6.45, 7) is 2.99. The van der Waals surface area contributed by atoms with Crippen LogP contribution in [0.2, 0.25) is 0 Å². The highest BCUT2D eigenvalue weighted by atomic mass is 19.1. The summed E-state index contributed by atoms with van der Waals surface area (Å²) in [5, 5.41) is 6.27. The van der Waals surface area contributed by atoms with Crippen LogP contribution in [-0.2, 0) is 6.54 Å². The fourth-order valence-corrected chi connectivity index (χ4v) is 3.79. The summed E-state index contributed by atoms with van der Waals surface area (Å²) in [4.78, 5) is 27.2. The van der Waals surface area contributed by atoms with Gasteiger partial charge in [0.1, 0.15) is 12.0 Å². The second kappa shape index (κ2) is 9.00. The molecule has 1 atom stereocenters. The van der Waals surface area contributed by atoms with Crippen molar-refractivity contribution < 1.29 is 14.0 Å². The fraction of sp³-hybridized carbons (Fsp3) is 0.200. The van der Waals surface area contributed by atoms with Crippen LogP contribution in [0.3, 0.4) is 0 Å². The standard InChI is InChI=1S/C25H24FN3O2/c1-2-14-29-23(21-8-3-4-9-22(21)25(29)31)28-20-7-5-6-18(15-20)24(30)27-16-17-10-12-19(26)13-11-17/h3-13,15,23,28H,2,14,16H2,1H3,(H,27,30)/t23-/m1/s1. The van der Waals surface area contributed by atoms with E-state index in [9.17, 15) is 14.0 Å². The van der Waals surface area contributed by atoms with Gasteiger partial charge in [0.15, 0.2) is 0 Å². The van der Waals surface area contributed by atoms with E-state index in [2.05, 4.69) is 10.6 Å². The van der Waals surface area contributed by atoms with Gasteiger partial charge < -0.3 is 15.5 Å². The molecule has 2 N–H and O–H groups in total. The van der Waals surface area contributed by atoms with E-state index in [4.69, 9.17) is 0 Å². The first-order chi connectivity index (χ1) is 15.1. The van der Waals surface area contributed by atoms with Gasteiger partial charge in [0.25, 0.3) is 11.8 Å². The number of anilines is 1. The molecule has 3 aromatic rings. The van der Waals surface area contributed by atoms with Crippen molar-refractivity contribution in [2.45, 2.75) is 26.1 Å². The Labute approximate surface area is 180 Å². The SMILES string of the molecule is CCCN1C(=O)c2ccccc2[C@@H]1Nc1cccc(C(=O)NCc2ccc(F)cc2)c1. The summed E-state index contributed by atoms with van der Waals surface area (Å²) in [7, 11) is 0. The van der Waals surface area contributed by atoms with Crippen molar-refractivity contribution in [3.8, 4) is 0 Å². The minimum absolute atomic E-state index is 0.0168. The van der Waals surface area contributed by atoms with Crippen LogP contribution in [0.15, 0.2) is 72.8 Å². The number of nitrogens with one attached hydrogen (secondary N) is 2. The second-order valence-electron chi connectivity index (χ2n) is 7.52. The minimum Gasteiger partial charge on any atom is -0.361 e. The molecule has 2 amide bonds. The Morgan fingerprint density at radius 3 is 2.58 bits per heavy atom. The molecule has 1 aliphatic heterocycles. The summed E-state index contributed by atoms with van der Waals surface area (Å²) >= 11 is 0. The van der Waals surface area contributed by atoms with Gasteiger partial charge in [-0.1, -0.05) is 43.3 Å². The smallest absolute Gasteiger partial charge is 0.256 e. The lowest BCUT2D eigenvalue weighted by Gasteiger charge is -2.27. The molecule has 0 spiro atoms. The Kier molecular flexibility index (Phi) is 5.98. The molecule has 31 heavy (non-hydrogen) atoms. The molecule has 0 aliphatic carbocycles. The molecule has 0 radical (unpaired) electrons. The Morgan fingerprint density at radius 1 is 1.03 bits per heavy atom. The van der Waals surface area contributed by atoms with E-state index in [0.717, 1.165) is 23.2 Å². The maximum absolute atomic E-state index is 13.0. The summed E-state index contributed by atoms with van der Waals surface area (Å²) in [6, 6.07) is 20.8. The molecule has 0 saturated carbocycles. The molecule has 6 heteroatoms. The van der Waals surface area contributed by atoms with E-state index in [-0.39, 0.29) is 23.8 Å². The number of carbonyl (C=O) groups is 2. The molecule has 4 rings (SSSR count). The predicted octanol–water partition coefficient (Wildman–Crippen LogP) is 4.73. The quantitative estimate of drug-likeness (QED) is 0.584. The van der Waals surface area contributed by atoms with Crippen LogP contribution in [-0.4, -0.2) is 23.3 Å².